The maximum Gasteiger partial charge on any atom is 0.254 e. The van der Waals surface area contributed by atoms with E-state index in [9.17, 15) is 9.59 Å². The standard InChI is InChI=1S/C16H21ClN2O5/c1-22-12-8-11(9-13(23-2)15(12)24-3)16(21)19-6-4-18(5-7-19)14(20)10-17/h8-9H,4-7,10H2,1-3H3. The van der Waals surface area contributed by atoms with Crippen LogP contribution in [0, 0.1) is 0 Å². The number of carbonyl (C=O) groups excluding carboxylic acids is 2. The summed E-state index contributed by atoms with van der Waals surface area (Å²) in [6.07, 6.45) is 0. The van der Waals surface area contributed by atoms with Gasteiger partial charge in [0.05, 0.1) is 21.3 Å². The second kappa shape index (κ2) is 8.10. The second-order valence-corrected chi connectivity index (χ2v) is 5.49. The molecular weight excluding hydrogens is 336 g/mol. The molecule has 0 aromatic heterocycles. The summed E-state index contributed by atoms with van der Waals surface area (Å²) < 4.78 is 15.8. The number of methoxy groups -OCH3 is 3. The topological polar surface area (TPSA) is 68.3 Å². The zero-order chi connectivity index (χ0) is 17.7. The summed E-state index contributed by atoms with van der Waals surface area (Å²) in [7, 11) is 4.51. The summed E-state index contributed by atoms with van der Waals surface area (Å²) in [4.78, 5) is 27.7. The van der Waals surface area contributed by atoms with Gasteiger partial charge in [-0.3, -0.25) is 9.59 Å². The summed E-state index contributed by atoms with van der Waals surface area (Å²) in [5, 5.41) is 0. The molecule has 24 heavy (non-hydrogen) atoms. The van der Waals surface area contributed by atoms with Gasteiger partial charge in [-0.05, 0) is 12.1 Å². The molecule has 1 fully saturated rings. The van der Waals surface area contributed by atoms with E-state index in [0.717, 1.165) is 0 Å². The molecular formula is C16H21ClN2O5. The maximum absolute atomic E-state index is 12.7. The predicted octanol–water partition coefficient (Wildman–Crippen LogP) is 1.24. The minimum Gasteiger partial charge on any atom is -0.493 e. The highest BCUT2D eigenvalue weighted by Gasteiger charge is 2.26. The Morgan fingerprint density at radius 3 is 1.88 bits per heavy atom. The van der Waals surface area contributed by atoms with Crippen LogP contribution in [0.4, 0.5) is 0 Å². The lowest BCUT2D eigenvalue weighted by molar-refractivity contribution is -0.129. The first-order valence-electron chi connectivity index (χ1n) is 7.48. The molecule has 1 saturated heterocycles. The molecule has 1 aromatic carbocycles. The summed E-state index contributed by atoms with van der Waals surface area (Å²) >= 11 is 5.56. The van der Waals surface area contributed by atoms with Gasteiger partial charge in [0.25, 0.3) is 5.91 Å². The number of nitrogens with zero attached hydrogens (tertiary/aromatic N) is 2. The zero-order valence-corrected chi connectivity index (χ0v) is 14.8. The lowest BCUT2D eigenvalue weighted by Crippen LogP contribution is -2.51. The first kappa shape index (κ1) is 18.2. The number of hydrogen-bond acceptors (Lipinski definition) is 5. The molecule has 132 valence electrons. The molecule has 1 aliphatic heterocycles. The van der Waals surface area contributed by atoms with E-state index in [0.29, 0.717) is 49.0 Å². The normalized spacial score (nSPS) is 14.3. The van der Waals surface area contributed by atoms with Gasteiger partial charge in [-0.15, -0.1) is 11.6 Å². The van der Waals surface area contributed by atoms with E-state index in [4.69, 9.17) is 25.8 Å². The molecule has 8 heteroatoms. The van der Waals surface area contributed by atoms with Crippen molar-refractivity contribution in [2.24, 2.45) is 0 Å². The van der Waals surface area contributed by atoms with Crippen molar-refractivity contribution in [2.75, 3.05) is 53.4 Å². The van der Waals surface area contributed by atoms with Crippen LogP contribution in [0.3, 0.4) is 0 Å². The molecule has 0 aliphatic carbocycles. The highest BCUT2D eigenvalue weighted by Crippen LogP contribution is 2.38. The maximum atomic E-state index is 12.7. The van der Waals surface area contributed by atoms with E-state index in [1.165, 1.54) is 21.3 Å². The highest BCUT2D eigenvalue weighted by atomic mass is 35.5. The number of halogens is 1. The number of carbonyl (C=O) groups is 2. The number of benzene rings is 1. The first-order valence-corrected chi connectivity index (χ1v) is 8.02. The van der Waals surface area contributed by atoms with Crippen molar-refractivity contribution in [3.8, 4) is 17.2 Å². The molecule has 0 N–H and O–H groups in total. The molecule has 0 bridgehead atoms. The van der Waals surface area contributed by atoms with Crippen molar-refractivity contribution in [1.29, 1.82) is 0 Å². The van der Waals surface area contributed by atoms with Crippen molar-refractivity contribution in [3.05, 3.63) is 17.7 Å². The quantitative estimate of drug-likeness (QED) is 0.742. The van der Waals surface area contributed by atoms with Gasteiger partial charge in [-0.2, -0.15) is 0 Å². The molecule has 1 heterocycles. The molecule has 0 unspecified atom stereocenters. The number of amides is 2. The number of alkyl halides is 1. The highest BCUT2D eigenvalue weighted by molar-refractivity contribution is 6.27. The van der Waals surface area contributed by atoms with Crippen LogP contribution in [0.5, 0.6) is 17.2 Å². The fourth-order valence-corrected chi connectivity index (χ4v) is 2.80. The van der Waals surface area contributed by atoms with Gasteiger partial charge >= 0.3 is 0 Å². The fraction of sp³-hybridized carbons (Fsp3) is 0.500. The Morgan fingerprint density at radius 1 is 0.958 bits per heavy atom. The third-order valence-electron chi connectivity index (χ3n) is 3.95. The van der Waals surface area contributed by atoms with Crippen LogP contribution in [0.15, 0.2) is 12.1 Å². The van der Waals surface area contributed by atoms with E-state index >= 15 is 0 Å². The van der Waals surface area contributed by atoms with Crippen LogP contribution in [0.25, 0.3) is 0 Å². The van der Waals surface area contributed by atoms with Gasteiger partial charge in [0.2, 0.25) is 11.7 Å². The largest absolute Gasteiger partial charge is 0.493 e. The number of ether oxygens (including phenoxy) is 3. The van der Waals surface area contributed by atoms with E-state index < -0.39 is 0 Å². The second-order valence-electron chi connectivity index (χ2n) is 5.22. The lowest BCUT2D eigenvalue weighted by atomic mass is 10.1. The fourth-order valence-electron chi connectivity index (χ4n) is 2.63. The Morgan fingerprint density at radius 2 is 1.46 bits per heavy atom. The van der Waals surface area contributed by atoms with Gasteiger partial charge in [0.1, 0.15) is 5.88 Å². The van der Waals surface area contributed by atoms with E-state index in [-0.39, 0.29) is 17.7 Å². The smallest absolute Gasteiger partial charge is 0.254 e. The monoisotopic (exact) mass is 356 g/mol. The SMILES string of the molecule is COc1cc(C(=O)N2CCN(C(=O)CCl)CC2)cc(OC)c1OC. The molecule has 2 amide bonds. The zero-order valence-electron chi connectivity index (χ0n) is 14.0. The average Bonchev–Trinajstić information content (AvgIpc) is 2.65. The molecule has 1 aromatic rings. The summed E-state index contributed by atoms with van der Waals surface area (Å²) in [6, 6.07) is 3.25. The summed E-state index contributed by atoms with van der Waals surface area (Å²) in [5.41, 5.74) is 0.446. The van der Waals surface area contributed by atoms with Gasteiger partial charge in [0.15, 0.2) is 11.5 Å². The van der Waals surface area contributed by atoms with Crippen LogP contribution in [0.1, 0.15) is 10.4 Å². The van der Waals surface area contributed by atoms with Crippen LogP contribution >= 0.6 is 11.6 Å². The van der Waals surface area contributed by atoms with Gasteiger partial charge < -0.3 is 24.0 Å². The number of piperazine rings is 1. The Labute approximate surface area is 146 Å². The first-order chi connectivity index (χ1) is 11.5. The molecule has 2 rings (SSSR count). The van der Waals surface area contributed by atoms with Crippen LogP contribution in [0.2, 0.25) is 0 Å². The molecule has 0 atom stereocenters. The van der Waals surface area contributed by atoms with Crippen molar-refractivity contribution in [1.82, 2.24) is 9.80 Å². The molecule has 0 spiro atoms. The molecule has 7 nitrogen and oxygen atoms in total. The van der Waals surface area contributed by atoms with Crippen LogP contribution in [-0.2, 0) is 4.79 Å². The Bertz CT molecular complexity index is 589. The van der Waals surface area contributed by atoms with E-state index in [1.807, 2.05) is 0 Å². The number of hydrogen-bond donors (Lipinski definition) is 0. The van der Waals surface area contributed by atoms with Crippen LogP contribution in [-0.4, -0.2) is 75.0 Å². The lowest BCUT2D eigenvalue weighted by Gasteiger charge is -2.34. The van der Waals surface area contributed by atoms with Crippen molar-refractivity contribution >= 4 is 23.4 Å². The van der Waals surface area contributed by atoms with Gasteiger partial charge in [0, 0.05) is 31.7 Å². The van der Waals surface area contributed by atoms with Crippen molar-refractivity contribution in [3.63, 3.8) is 0 Å². The van der Waals surface area contributed by atoms with Crippen molar-refractivity contribution < 1.29 is 23.8 Å². The van der Waals surface area contributed by atoms with Crippen LogP contribution < -0.4 is 14.2 Å². The molecule has 0 radical (unpaired) electrons. The minimum absolute atomic E-state index is 0.0408. The van der Waals surface area contributed by atoms with Crippen molar-refractivity contribution in [2.45, 2.75) is 0 Å². The minimum atomic E-state index is -0.146. The van der Waals surface area contributed by atoms with Gasteiger partial charge in [-0.1, -0.05) is 0 Å². The predicted molar refractivity (Wildman–Crippen MR) is 89.3 cm³/mol. The third-order valence-corrected chi connectivity index (χ3v) is 4.17. The Kier molecular flexibility index (Phi) is 6.14. The Hall–Kier alpha value is -2.15. The average molecular weight is 357 g/mol. The summed E-state index contributed by atoms with van der Waals surface area (Å²) in [5.74, 6) is 0.992. The molecule has 0 saturated carbocycles. The number of rotatable bonds is 5. The van der Waals surface area contributed by atoms with E-state index in [1.54, 1.807) is 21.9 Å². The molecule has 1 aliphatic rings. The Balaban J connectivity index is 2.17. The van der Waals surface area contributed by atoms with E-state index in [2.05, 4.69) is 0 Å². The summed E-state index contributed by atoms with van der Waals surface area (Å²) in [6.45, 7) is 1.86. The van der Waals surface area contributed by atoms with Gasteiger partial charge in [-0.25, -0.2) is 0 Å². The third kappa shape index (κ3) is 3.67.